The number of amides is 1. The Hall–Kier alpha value is -2.16. The summed E-state index contributed by atoms with van der Waals surface area (Å²) in [6, 6.07) is 3.69. The van der Waals surface area contributed by atoms with Gasteiger partial charge in [-0.15, -0.1) is 0 Å². The molecule has 1 aliphatic heterocycles. The lowest BCUT2D eigenvalue weighted by atomic mass is 10.1. The van der Waals surface area contributed by atoms with Gasteiger partial charge in [0.15, 0.2) is 11.6 Å². The standard InChI is InChI=1S/C14H13F2N3O/c15-11-3-8(6-17)4-12(16)14(11)18-9-5-13(20)19(7-9)10-1-2-10/h3-4,9-10,18H,1-2,5,7H2. The van der Waals surface area contributed by atoms with E-state index in [1.54, 1.807) is 11.0 Å². The number of anilines is 1. The van der Waals surface area contributed by atoms with E-state index in [1.807, 2.05) is 0 Å². The van der Waals surface area contributed by atoms with Crippen molar-refractivity contribution in [2.75, 3.05) is 11.9 Å². The molecule has 2 fully saturated rings. The molecule has 3 rings (SSSR count). The molecule has 2 aliphatic rings. The number of hydrogen-bond donors (Lipinski definition) is 1. The van der Waals surface area contributed by atoms with Crippen LogP contribution in [-0.4, -0.2) is 29.4 Å². The first-order valence-electron chi connectivity index (χ1n) is 6.53. The van der Waals surface area contributed by atoms with Crippen molar-refractivity contribution in [3.05, 3.63) is 29.3 Å². The van der Waals surface area contributed by atoms with E-state index in [-0.39, 0.29) is 29.6 Å². The molecule has 1 aliphatic carbocycles. The van der Waals surface area contributed by atoms with Crippen LogP contribution in [0.3, 0.4) is 0 Å². The van der Waals surface area contributed by atoms with Gasteiger partial charge >= 0.3 is 0 Å². The zero-order valence-corrected chi connectivity index (χ0v) is 10.7. The highest BCUT2D eigenvalue weighted by Crippen LogP contribution is 2.32. The molecule has 1 N–H and O–H groups in total. The number of carbonyl (C=O) groups is 1. The molecule has 1 saturated carbocycles. The molecule has 1 aromatic rings. The van der Waals surface area contributed by atoms with Crippen LogP contribution in [0.4, 0.5) is 14.5 Å². The van der Waals surface area contributed by atoms with E-state index in [0.29, 0.717) is 12.6 Å². The van der Waals surface area contributed by atoms with Gasteiger partial charge in [0.2, 0.25) is 5.91 Å². The van der Waals surface area contributed by atoms with Crippen LogP contribution in [0.25, 0.3) is 0 Å². The highest BCUT2D eigenvalue weighted by Gasteiger charge is 2.39. The van der Waals surface area contributed by atoms with E-state index in [2.05, 4.69) is 5.32 Å². The fourth-order valence-electron chi connectivity index (χ4n) is 2.55. The van der Waals surface area contributed by atoms with Crippen molar-refractivity contribution in [1.82, 2.24) is 4.90 Å². The lowest BCUT2D eigenvalue weighted by molar-refractivity contribution is -0.128. The normalized spacial score (nSPS) is 21.9. The van der Waals surface area contributed by atoms with Crippen molar-refractivity contribution >= 4 is 11.6 Å². The monoisotopic (exact) mass is 277 g/mol. The van der Waals surface area contributed by atoms with Gasteiger partial charge in [-0.1, -0.05) is 0 Å². The SMILES string of the molecule is N#Cc1cc(F)c(NC2CC(=O)N(C3CC3)C2)c(F)c1. The fourth-order valence-corrected chi connectivity index (χ4v) is 2.55. The largest absolute Gasteiger partial charge is 0.375 e. The van der Waals surface area contributed by atoms with Crippen molar-refractivity contribution in [2.45, 2.75) is 31.3 Å². The molecular formula is C14H13F2N3O. The minimum Gasteiger partial charge on any atom is -0.375 e. The minimum absolute atomic E-state index is 0.0273. The topological polar surface area (TPSA) is 56.1 Å². The van der Waals surface area contributed by atoms with Crippen LogP contribution in [0.15, 0.2) is 12.1 Å². The maximum Gasteiger partial charge on any atom is 0.225 e. The quantitative estimate of drug-likeness (QED) is 0.919. The zero-order valence-electron chi connectivity index (χ0n) is 10.7. The summed E-state index contributed by atoms with van der Waals surface area (Å²) in [5.41, 5.74) is -0.327. The van der Waals surface area contributed by atoms with Gasteiger partial charge < -0.3 is 10.2 Å². The van der Waals surface area contributed by atoms with Crippen molar-refractivity contribution < 1.29 is 13.6 Å². The van der Waals surface area contributed by atoms with Gasteiger partial charge in [-0.25, -0.2) is 8.78 Å². The number of nitriles is 1. The molecule has 1 heterocycles. The molecule has 0 radical (unpaired) electrons. The summed E-state index contributed by atoms with van der Waals surface area (Å²) in [5.74, 6) is -1.59. The van der Waals surface area contributed by atoms with Gasteiger partial charge in [0, 0.05) is 19.0 Å². The van der Waals surface area contributed by atoms with Crippen molar-refractivity contribution in [3.8, 4) is 6.07 Å². The Morgan fingerprint density at radius 3 is 2.50 bits per heavy atom. The first-order chi connectivity index (χ1) is 9.58. The predicted octanol–water partition coefficient (Wildman–Crippen LogP) is 2.01. The van der Waals surface area contributed by atoms with Gasteiger partial charge in [0.1, 0.15) is 5.69 Å². The Bertz CT molecular complexity index is 584. The van der Waals surface area contributed by atoms with Crippen LogP contribution >= 0.6 is 0 Å². The van der Waals surface area contributed by atoms with Gasteiger partial charge in [0.05, 0.1) is 17.7 Å². The maximum absolute atomic E-state index is 13.8. The first-order valence-corrected chi connectivity index (χ1v) is 6.53. The van der Waals surface area contributed by atoms with E-state index in [9.17, 15) is 13.6 Å². The molecule has 6 heteroatoms. The van der Waals surface area contributed by atoms with E-state index >= 15 is 0 Å². The van der Waals surface area contributed by atoms with Crippen LogP contribution < -0.4 is 5.32 Å². The van der Waals surface area contributed by atoms with Crippen LogP contribution in [0.2, 0.25) is 0 Å². The van der Waals surface area contributed by atoms with E-state index in [0.717, 1.165) is 25.0 Å². The molecular weight excluding hydrogens is 264 g/mol. The number of halogens is 2. The Balaban J connectivity index is 1.75. The molecule has 0 bridgehead atoms. The summed E-state index contributed by atoms with van der Waals surface area (Å²) in [5, 5.41) is 11.4. The molecule has 1 unspecified atom stereocenters. The lowest BCUT2D eigenvalue weighted by Crippen LogP contribution is -2.30. The number of hydrogen-bond acceptors (Lipinski definition) is 3. The summed E-state index contributed by atoms with van der Waals surface area (Å²) in [4.78, 5) is 13.6. The number of likely N-dealkylation sites (tertiary alicyclic amines) is 1. The second kappa shape index (κ2) is 4.75. The number of carbonyl (C=O) groups excluding carboxylic acids is 1. The van der Waals surface area contributed by atoms with E-state index in [1.165, 1.54) is 0 Å². The number of nitrogens with one attached hydrogen (secondary N) is 1. The molecule has 1 amide bonds. The zero-order chi connectivity index (χ0) is 14.3. The predicted molar refractivity (Wildman–Crippen MR) is 67.8 cm³/mol. The second-order valence-electron chi connectivity index (χ2n) is 5.25. The average molecular weight is 277 g/mol. The van der Waals surface area contributed by atoms with Crippen LogP contribution in [0.1, 0.15) is 24.8 Å². The van der Waals surface area contributed by atoms with Gasteiger partial charge in [-0.3, -0.25) is 4.79 Å². The van der Waals surface area contributed by atoms with Crippen LogP contribution in [0, 0.1) is 23.0 Å². The molecule has 0 spiro atoms. The third-order valence-corrected chi connectivity index (χ3v) is 3.67. The smallest absolute Gasteiger partial charge is 0.225 e. The average Bonchev–Trinajstić information content (AvgIpc) is 3.18. The third-order valence-electron chi connectivity index (χ3n) is 3.67. The number of benzene rings is 1. The highest BCUT2D eigenvalue weighted by atomic mass is 19.1. The maximum atomic E-state index is 13.8. The highest BCUT2D eigenvalue weighted by molar-refractivity contribution is 5.80. The first kappa shape index (κ1) is 12.9. The molecule has 0 aromatic heterocycles. The van der Waals surface area contributed by atoms with Crippen molar-refractivity contribution in [1.29, 1.82) is 5.26 Å². The number of nitrogens with zero attached hydrogens (tertiary/aromatic N) is 2. The second-order valence-corrected chi connectivity index (χ2v) is 5.25. The summed E-state index contributed by atoms with van der Waals surface area (Å²) in [6.07, 6.45) is 2.27. The van der Waals surface area contributed by atoms with Crippen molar-refractivity contribution in [3.63, 3.8) is 0 Å². The van der Waals surface area contributed by atoms with Gasteiger partial charge in [0.25, 0.3) is 0 Å². The summed E-state index contributed by atoms with van der Waals surface area (Å²) >= 11 is 0. The molecule has 1 atom stereocenters. The van der Waals surface area contributed by atoms with E-state index in [4.69, 9.17) is 5.26 Å². The number of rotatable bonds is 3. The molecule has 4 nitrogen and oxygen atoms in total. The Morgan fingerprint density at radius 1 is 1.30 bits per heavy atom. The molecule has 20 heavy (non-hydrogen) atoms. The Kier molecular flexibility index (Phi) is 3.05. The minimum atomic E-state index is -0.807. The van der Waals surface area contributed by atoms with Gasteiger partial charge in [-0.2, -0.15) is 5.26 Å². The molecule has 104 valence electrons. The third kappa shape index (κ3) is 2.31. The molecule has 1 aromatic carbocycles. The summed E-state index contributed by atoms with van der Waals surface area (Å²) < 4.78 is 27.5. The molecule has 1 saturated heterocycles. The fraction of sp³-hybridized carbons (Fsp3) is 0.429. The Morgan fingerprint density at radius 2 is 1.95 bits per heavy atom. The summed E-state index contributed by atoms with van der Waals surface area (Å²) in [6.45, 7) is 0.475. The Labute approximate surface area is 115 Å². The van der Waals surface area contributed by atoms with E-state index < -0.39 is 11.6 Å². The summed E-state index contributed by atoms with van der Waals surface area (Å²) in [7, 11) is 0. The lowest BCUT2D eigenvalue weighted by Gasteiger charge is -2.17. The van der Waals surface area contributed by atoms with Crippen molar-refractivity contribution in [2.24, 2.45) is 0 Å². The van der Waals surface area contributed by atoms with Gasteiger partial charge in [-0.05, 0) is 25.0 Å². The van der Waals surface area contributed by atoms with Crippen LogP contribution in [0.5, 0.6) is 0 Å². The van der Waals surface area contributed by atoms with Crippen LogP contribution in [-0.2, 0) is 4.79 Å².